The normalized spacial score (nSPS) is 12.8. The average Bonchev–Trinajstić information content (AvgIpc) is 3.44. The number of carbonyl (C=O) groups excluding carboxylic acids is 3. The molecule has 0 rings (SSSR count). The SMILES string of the molecule is CC/C=C\C/C=C\C/C=C\C/C=C\C/C=C\C/C=C\CCCCCCCCCCC(=O)OCC(COC(=O)CCCCCCC/C=C\CCC)OC(=O)CCCCCCCCCCCCC/C=C\C/C=C\CCCCCCC. The molecule has 0 aromatic carbocycles. The summed E-state index contributed by atoms with van der Waals surface area (Å²) in [6.07, 6.45) is 89.6. The van der Waals surface area contributed by atoms with E-state index in [1.807, 2.05) is 0 Å². The van der Waals surface area contributed by atoms with Crippen LogP contribution in [-0.4, -0.2) is 37.2 Å². The number of hydrogen-bond donors (Lipinski definition) is 0. The third-order valence-electron chi connectivity index (χ3n) is 14.0. The van der Waals surface area contributed by atoms with Crippen LogP contribution in [0, 0.1) is 0 Å². The number of allylic oxidation sites excluding steroid dienone is 18. The van der Waals surface area contributed by atoms with Crippen LogP contribution in [0.5, 0.6) is 0 Å². The van der Waals surface area contributed by atoms with Gasteiger partial charge in [0, 0.05) is 19.3 Å². The lowest BCUT2D eigenvalue weighted by Crippen LogP contribution is -2.30. The summed E-state index contributed by atoms with van der Waals surface area (Å²) in [6.45, 7) is 6.46. The third kappa shape index (κ3) is 62.9. The van der Waals surface area contributed by atoms with Gasteiger partial charge in [0.2, 0.25) is 0 Å². The topological polar surface area (TPSA) is 78.9 Å². The molecule has 0 spiro atoms. The maximum Gasteiger partial charge on any atom is 0.306 e. The summed E-state index contributed by atoms with van der Waals surface area (Å²) in [7, 11) is 0. The Kier molecular flexibility index (Phi) is 62.3. The first-order valence-corrected chi connectivity index (χ1v) is 32.9. The molecule has 0 saturated carbocycles. The van der Waals surface area contributed by atoms with Crippen LogP contribution in [0.1, 0.15) is 310 Å². The summed E-state index contributed by atoms with van der Waals surface area (Å²) >= 11 is 0. The summed E-state index contributed by atoms with van der Waals surface area (Å²) in [6, 6.07) is 0. The van der Waals surface area contributed by atoms with Crippen LogP contribution in [0.2, 0.25) is 0 Å². The summed E-state index contributed by atoms with van der Waals surface area (Å²) in [5.74, 6) is -0.899. The fraction of sp³-hybridized carbons (Fsp3) is 0.708. The van der Waals surface area contributed by atoms with E-state index < -0.39 is 6.10 Å². The summed E-state index contributed by atoms with van der Waals surface area (Å²) in [4.78, 5) is 38.3. The molecule has 0 aliphatic heterocycles. The number of unbranched alkanes of at least 4 members (excludes halogenated alkanes) is 30. The smallest absolute Gasteiger partial charge is 0.306 e. The lowest BCUT2D eigenvalue weighted by molar-refractivity contribution is -0.167. The van der Waals surface area contributed by atoms with Crippen LogP contribution in [0.4, 0.5) is 0 Å². The Labute approximate surface area is 482 Å². The van der Waals surface area contributed by atoms with Gasteiger partial charge in [0.05, 0.1) is 0 Å². The maximum absolute atomic E-state index is 12.9. The highest BCUT2D eigenvalue weighted by molar-refractivity contribution is 5.71. The lowest BCUT2D eigenvalue weighted by atomic mass is 10.0. The number of rotatable bonds is 59. The van der Waals surface area contributed by atoms with Crippen molar-refractivity contribution in [2.45, 2.75) is 316 Å². The van der Waals surface area contributed by atoms with E-state index >= 15 is 0 Å². The number of ether oxygens (including phenoxy) is 3. The van der Waals surface area contributed by atoms with E-state index in [1.165, 1.54) is 148 Å². The number of carbonyl (C=O) groups is 3. The number of esters is 3. The molecule has 0 aliphatic carbocycles. The predicted octanol–water partition coefficient (Wildman–Crippen LogP) is 22.6. The Morgan fingerprint density at radius 2 is 0.526 bits per heavy atom. The molecule has 0 saturated heterocycles. The molecule has 0 heterocycles. The highest BCUT2D eigenvalue weighted by Gasteiger charge is 2.19. The van der Waals surface area contributed by atoms with Crippen molar-refractivity contribution in [3.05, 3.63) is 109 Å². The molecule has 1 unspecified atom stereocenters. The van der Waals surface area contributed by atoms with Crippen LogP contribution < -0.4 is 0 Å². The zero-order valence-corrected chi connectivity index (χ0v) is 51.2. The second-order valence-electron chi connectivity index (χ2n) is 21.6. The molecule has 6 nitrogen and oxygen atoms in total. The van der Waals surface area contributed by atoms with E-state index in [0.717, 1.165) is 122 Å². The molecule has 0 N–H and O–H groups in total. The standard InChI is InChI=1S/C72H122O6/c1-4-7-10-13-16-19-22-24-26-28-30-32-34-35-36-37-39-40-42-44-46-48-50-53-56-59-62-65-71(74)77-68-69(67-76-70(73)64-61-58-55-52-21-18-15-12-9-6-3)78-72(75)66-63-60-57-54-51-49-47-45-43-41-38-33-31-29-27-25-23-20-17-14-11-8-5-2/h7,10,12,15-16,19,23-26,29-32,35-36,39-40,69H,4-6,8-9,11,13-14,17-18,20-22,27-28,33-34,37-38,41-68H2,1-3H3/b10-7-,15-12-,19-16-,25-23-,26-24-,31-29-,32-30-,36-35-,40-39-. The summed E-state index contributed by atoms with van der Waals surface area (Å²) in [5.41, 5.74) is 0. The van der Waals surface area contributed by atoms with Gasteiger partial charge in [-0.1, -0.05) is 278 Å². The summed E-state index contributed by atoms with van der Waals surface area (Å²) in [5, 5.41) is 0. The molecule has 6 heteroatoms. The van der Waals surface area contributed by atoms with Gasteiger partial charge in [0.1, 0.15) is 13.2 Å². The van der Waals surface area contributed by atoms with Gasteiger partial charge >= 0.3 is 17.9 Å². The van der Waals surface area contributed by atoms with E-state index in [2.05, 4.69) is 130 Å². The Balaban J connectivity index is 4.27. The molecule has 0 aliphatic rings. The predicted molar refractivity (Wildman–Crippen MR) is 339 cm³/mol. The zero-order valence-electron chi connectivity index (χ0n) is 51.2. The van der Waals surface area contributed by atoms with Gasteiger partial charge < -0.3 is 14.2 Å². The van der Waals surface area contributed by atoms with Crippen molar-refractivity contribution in [3.8, 4) is 0 Å². The van der Waals surface area contributed by atoms with Crippen LogP contribution in [0.3, 0.4) is 0 Å². The second kappa shape index (κ2) is 65.6. The highest BCUT2D eigenvalue weighted by Crippen LogP contribution is 2.16. The van der Waals surface area contributed by atoms with Crippen LogP contribution in [0.25, 0.3) is 0 Å². The Hall–Kier alpha value is -3.93. The van der Waals surface area contributed by atoms with Gasteiger partial charge in [0.25, 0.3) is 0 Å². The minimum Gasteiger partial charge on any atom is -0.462 e. The first-order chi connectivity index (χ1) is 38.5. The van der Waals surface area contributed by atoms with Gasteiger partial charge in [-0.05, 0) is 122 Å². The van der Waals surface area contributed by atoms with Crippen molar-refractivity contribution in [1.82, 2.24) is 0 Å². The van der Waals surface area contributed by atoms with E-state index in [9.17, 15) is 14.4 Å². The third-order valence-corrected chi connectivity index (χ3v) is 14.0. The van der Waals surface area contributed by atoms with E-state index in [4.69, 9.17) is 14.2 Å². The van der Waals surface area contributed by atoms with Crippen LogP contribution >= 0.6 is 0 Å². The molecule has 0 aromatic rings. The molecule has 0 aromatic heterocycles. The molecule has 0 radical (unpaired) electrons. The fourth-order valence-electron chi connectivity index (χ4n) is 9.07. The Morgan fingerprint density at radius 1 is 0.269 bits per heavy atom. The molecule has 446 valence electrons. The van der Waals surface area contributed by atoms with Crippen molar-refractivity contribution < 1.29 is 28.6 Å². The van der Waals surface area contributed by atoms with Gasteiger partial charge in [-0.15, -0.1) is 0 Å². The monoisotopic (exact) mass is 1080 g/mol. The molecular weight excluding hydrogens is 961 g/mol. The molecule has 1 atom stereocenters. The van der Waals surface area contributed by atoms with E-state index in [0.29, 0.717) is 19.3 Å². The molecule has 78 heavy (non-hydrogen) atoms. The van der Waals surface area contributed by atoms with Crippen molar-refractivity contribution >= 4 is 17.9 Å². The second-order valence-corrected chi connectivity index (χ2v) is 21.6. The van der Waals surface area contributed by atoms with Gasteiger partial charge in [-0.2, -0.15) is 0 Å². The molecular formula is C72H122O6. The highest BCUT2D eigenvalue weighted by atomic mass is 16.6. The lowest BCUT2D eigenvalue weighted by Gasteiger charge is -2.18. The van der Waals surface area contributed by atoms with Gasteiger partial charge in [-0.25, -0.2) is 0 Å². The maximum atomic E-state index is 12.9. The quantitative estimate of drug-likeness (QED) is 0.0261. The van der Waals surface area contributed by atoms with Crippen LogP contribution in [-0.2, 0) is 28.6 Å². The van der Waals surface area contributed by atoms with Crippen molar-refractivity contribution in [2.75, 3.05) is 13.2 Å². The minimum absolute atomic E-state index is 0.0857. The Bertz CT molecular complexity index is 1570. The van der Waals surface area contributed by atoms with Crippen molar-refractivity contribution in [2.24, 2.45) is 0 Å². The van der Waals surface area contributed by atoms with E-state index in [1.54, 1.807) is 0 Å². The first kappa shape index (κ1) is 74.1. The molecule has 0 bridgehead atoms. The van der Waals surface area contributed by atoms with E-state index in [-0.39, 0.29) is 31.1 Å². The Morgan fingerprint density at radius 3 is 0.846 bits per heavy atom. The van der Waals surface area contributed by atoms with Crippen molar-refractivity contribution in [1.29, 1.82) is 0 Å². The number of hydrogen-bond acceptors (Lipinski definition) is 6. The molecule has 0 amide bonds. The van der Waals surface area contributed by atoms with Crippen LogP contribution in [0.15, 0.2) is 109 Å². The average molecular weight is 1080 g/mol. The minimum atomic E-state index is -0.788. The largest absolute Gasteiger partial charge is 0.462 e. The fourth-order valence-corrected chi connectivity index (χ4v) is 9.07. The summed E-state index contributed by atoms with van der Waals surface area (Å²) < 4.78 is 16.9. The zero-order chi connectivity index (χ0) is 56.4. The van der Waals surface area contributed by atoms with Gasteiger partial charge in [-0.3, -0.25) is 14.4 Å². The molecule has 0 fully saturated rings. The van der Waals surface area contributed by atoms with Gasteiger partial charge in [0.15, 0.2) is 6.10 Å². The van der Waals surface area contributed by atoms with Crippen molar-refractivity contribution in [3.63, 3.8) is 0 Å². The first-order valence-electron chi connectivity index (χ1n) is 32.9.